The third kappa shape index (κ3) is 4.32. The molecule has 39 heavy (non-hydrogen) atoms. The number of aryl methyl sites for hydroxylation is 2. The van der Waals surface area contributed by atoms with Crippen molar-refractivity contribution < 1.29 is 0 Å². The van der Waals surface area contributed by atoms with Gasteiger partial charge in [0.2, 0.25) is 0 Å². The number of hydrogen-bond donors (Lipinski definition) is 0. The molecule has 0 N–H and O–H groups in total. The highest BCUT2D eigenvalue weighted by Gasteiger charge is 2.22. The van der Waals surface area contributed by atoms with Gasteiger partial charge in [-0.3, -0.25) is 0 Å². The lowest BCUT2D eigenvalue weighted by atomic mass is 9.95. The van der Waals surface area contributed by atoms with Crippen LogP contribution in [0.25, 0.3) is 22.4 Å². The summed E-state index contributed by atoms with van der Waals surface area (Å²) < 4.78 is 0. The highest BCUT2D eigenvalue weighted by molar-refractivity contribution is 6.04. The minimum Gasteiger partial charge on any atom is -0.309 e. The van der Waals surface area contributed by atoms with Crippen molar-refractivity contribution in [3.63, 3.8) is 0 Å². The van der Waals surface area contributed by atoms with Gasteiger partial charge in [0.05, 0.1) is 11.4 Å². The summed E-state index contributed by atoms with van der Waals surface area (Å²) >= 11 is 0. The van der Waals surface area contributed by atoms with Gasteiger partial charge in [0.15, 0.2) is 0 Å². The molecule has 6 aromatic carbocycles. The standard InChI is InChI=1S/C38H29N/c1-4-13-28(14-5-1)35(29-15-6-2-7-16-29)27-32-17-10-11-22-36(32)39(33-19-8-3-9-20-33)37-26-25-31-24-23-30-18-12-21-34(37)38(30)31/h1-22,25-27H,23-24H2. The van der Waals surface area contributed by atoms with Gasteiger partial charge in [0.1, 0.15) is 0 Å². The van der Waals surface area contributed by atoms with Crippen molar-refractivity contribution in [3.8, 4) is 0 Å². The molecule has 0 aromatic heterocycles. The minimum absolute atomic E-state index is 1.12. The Morgan fingerprint density at radius 3 is 1.77 bits per heavy atom. The first kappa shape index (κ1) is 23.3. The first-order valence-electron chi connectivity index (χ1n) is 13.7. The van der Waals surface area contributed by atoms with Crippen molar-refractivity contribution in [1.82, 2.24) is 0 Å². The fraction of sp³-hybridized carbons (Fsp3) is 0.0526. The van der Waals surface area contributed by atoms with Crippen LogP contribution < -0.4 is 4.90 Å². The van der Waals surface area contributed by atoms with Crippen LogP contribution in [-0.4, -0.2) is 0 Å². The van der Waals surface area contributed by atoms with Crippen LogP contribution in [0.2, 0.25) is 0 Å². The largest absolute Gasteiger partial charge is 0.309 e. The van der Waals surface area contributed by atoms with Gasteiger partial charge in [0.25, 0.3) is 0 Å². The molecule has 0 heterocycles. The van der Waals surface area contributed by atoms with Crippen LogP contribution in [-0.2, 0) is 12.8 Å². The number of hydrogen-bond acceptors (Lipinski definition) is 1. The molecule has 6 aromatic rings. The Bertz CT molecular complexity index is 1730. The number of benzene rings is 6. The van der Waals surface area contributed by atoms with E-state index in [9.17, 15) is 0 Å². The van der Waals surface area contributed by atoms with Crippen LogP contribution in [0.5, 0.6) is 0 Å². The second kappa shape index (κ2) is 10.1. The van der Waals surface area contributed by atoms with E-state index in [1.165, 1.54) is 49.9 Å². The van der Waals surface area contributed by atoms with E-state index in [1.54, 1.807) is 0 Å². The minimum atomic E-state index is 1.12. The maximum Gasteiger partial charge on any atom is 0.0540 e. The molecule has 1 heteroatoms. The molecule has 0 radical (unpaired) electrons. The molecular weight excluding hydrogens is 470 g/mol. The van der Waals surface area contributed by atoms with Crippen molar-refractivity contribution in [1.29, 1.82) is 0 Å². The molecular formula is C38H29N. The molecule has 0 saturated carbocycles. The van der Waals surface area contributed by atoms with Crippen molar-refractivity contribution >= 4 is 39.5 Å². The molecule has 0 bridgehead atoms. The van der Waals surface area contributed by atoms with Gasteiger partial charge >= 0.3 is 0 Å². The summed E-state index contributed by atoms with van der Waals surface area (Å²) in [4.78, 5) is 2.43. The van der Waals surface area contributed by atoms with Crippen LogP contribution >= 0.6 is 0 Å². The van der Waals surface area contributed by atoms with Gasteiger partial charge in [0, 0.05) is 11.1 Å². The molecule has 0 atom stereocenters. The quantitative estimate of drug-likeness (QED) is 0.206. The summed E-state index contributed by atoms with van der Waals surface area (Å²) in [5.41, 5.74) is 11.2. The van der Waals surface area contributed by atoms with Gasteiger partial charge in [-0.05, 0) is 82.0 Å². The summed E-state index contributed by atoms with van der Waals surface area (Å²) in [7, 11) is 0. The van der Waals surface area contributed by atoms with Crippen molar-refractivity contribution in [2.75, 3.05) is 4.90 Å². The molecule has 1 nitrogen and oxygen atoms in total. The lowest BCUT2D eigenvalue weighted by Gasteiger charge is -2.29. The first-order valence-corrected chi connectivity index (χ1v) is 13.7. The summed E-state index contributed by atoms with van der Waals surface area (Å²) in [6.07, 6.45) is 4.59. The number of rotatable bonds is 6. The molecule has 0 spiro atoms. The third-order valence-corrected chi connectivity index (χ3v) is 7.76. The van der Waals surface area contributed by atoms with Gasteiger partial charge in [-0.25, -0.2) is 0 Å². The van der Waals surface area contributed by atoms with Crippen molar-refractivity contribution in [2.24, 2.45) is 0 Å². The predicted molar refractivity (Wildman–Crippen MR) is 166 cm³/mol. The maximum atomic E-state index is 2.43. The fourth-order valence-corrected chi connectivity index (χ4v) is 5.95. The van der Waals surface area contributed by atoms with Crippen molar-refractivity contribution in [3.05, 3.63) is 173 Å². The zero-order valence-corrected chi connectivity index (χ0v) is 21.8. The van der Waals surface area contributed by atoms with E-state index in [4.69, 9.17) is 0 Å². The third-order valence-electron chi connectivity index (χ3n) is 7.76. The number of nitrogens with zero attached hydrogens (tertiary/aromatic N) is 1. The summed E-state index contributed by atoms with van der Waals surface area (Å²) in [5.74, 6) is 0. The van der Waals surface area contributed by atoms with Crippen LogP contribution in [0.1, 0.15) is 27.8 Å². The number of anilines is 3. The van der Waals surface area contributed by atoms with Crippen LogP contribution in [0.3, 0.4) is 0 Å². The van der Waals surface area contributed by atoms with Crippen LogP contribution in [0.15, 0.2) is 146 Å². The molecule has 186 valence electrons. The van der Waals surface area contributed by atoms with Gasteiger partial charge < -0.3 is 4.90 Å². The van der Waals surface area contributed by atoms with E-state index in [-0.39, 0.29) is 0 Å². The highest BCUT2D eigenvalue weighted by atomic mass is 15.1. The monoisotopic (exact) mass is 499 g/mol. The van der Waals surface area contributed by atoms with E-state index in [2.05, 4.69) is 157 Å². The smallest absolute Gasteiger partial charge is 0.0540 e. The Hall–Kier alpha value is -4.88. The lowest BCUT2D eigenvalue weighted by molar-refractivity contribution is 1.02. The normalized spacial score (nSPS) is 11.9. The second-order valence-corrected chi connectivity index (χ2v) is 10.1. The fourth-order valence-electron chi connectivity index (χ4n) is 5.95. The Labute approximate surface area is 230 Å². The Morgan fingerprint density at radius 1 is 0.487 bits per heavy atom. The molecule has 0 aliphatic heterocycles. The first-order chi connectivity index (χ1) is 19.4. The average Bonchev–Trinajstić information content (AvgIpc) is 3.44. The molecule has 0 amide bonds. The molecule has 1 aliphatic carbocycles. The topological polar surface area (TPSA) is 3.24 Å². The van der Waals surface area contributed by atoms with Gasteiger partial charge in [-0.2, -0.15) is 0 Å². The van der Waals surface area contributed by atoms with E-state index in [1.807, 2.05) is 0 Å². The molecule has 0 unspecified atom stereocenters. The van der Waals surface area contributed by atoms with Gasteiger partial charge in [-0.15, -0.1) is 0 Å². The molecule has 0 saturated heterocycles. The maximum absolute atomic E-state index is 2.43. The van der Waals surface area contributed by atoms with E-state index in [0.29, 0.717) is 0 Å². The zero-order chi connectivity index (χ0) is 26.0. The Kier molecular flexibility index (Phi) is 6.03. The van der Waals surface area contributed by atoms with Crippen LogP contribution in [0.4, 0.5) is 17.1 Å². The average molecular weight is 500 g/mol. The second-order valence-electron chi connectivity index (χ2n) is 10.1. The molecule has 0 fully saturated rings. The van der Waals surface area contributed by atoms with E-state index in [0.717, 1.165) is 24.2 Å². The van der Waals surface area contributed by atoms with Crippen molar-refractivity contribution in [2.45, 2.75) is 12.8 Å². The summed E-state index contributed by atoms with van der Waals surface area (Å²) in [6, 6.07) is 52.3. The summed E-state index contributed by atoms with van der Waals surface area (Å²) in [5, 5.41) is 2.75. The Balaban J connectivity index is 1.48. The SMILES string of the molecule is C(=C(c1ccccc1)c1ccccc1)c1ccccc1N(c1ccccc1)c1ccc2c3c(cccc13)CC2. The Morgan fingerprint density at radius 2 is 1.08 bits per heavy atom. The highest BCUT2D eigenvalue weighted by Crippen LogP contribution is 2.44. The van der Waals surface area contributed by atoms with E-state index < -0.39 is 0 Å². The van der Waals surface area contributed by atoms with Gasteiger partial charge in [-0.1, -0.05) is 121 Å². The lowest BCUT2D eigenvalue weighted by Crippen LogP contribution is -2.12. The predicted octanol–water partition coefficient (Wildman–Crippen LogP) is 10.00. The van der Waals surface area contributed by atoms with Crippen LogP contribution in [0, 0.1) is 0 Å². The summed E-state index contributed by atoms with van der Waals surface area (Å²) in [6.45, 7) is 0. The van der Waals surface area contributed by atoms with E-state index >= 15 is 0 Å². The zero-order valence-electron chi connectivity index (χ0n) is 21.8. The number of para-hydroxylation sites is 2. The molecule has 1 aliphatic rings. The molecule has 7 rings (SSSR count).